The van der Waals surface area contributed by atoms with E-state index in [0.717, 1.165) is 15.6 Å². The molecule has 64 valence electrons. The molecule has 0 aromatic heterocycles. The lowest BCUT2D eigenvalue weighted by atomic mass is 9.87. The fourth-order valence-electron chi connectivity index (χ4n) is 4.05. The Labute approximate surface area is 72.0 Å². The highest BCUT2D eigenvalue weighted by Gasteiger charge is 3.17. The largest absolute Gasteiger partial charge is 0.356 e. The van der Waals surface area contributed by atoms with Crippen LogP contribution in [0.3, 0.4) is 0 Å². The van der Waals surface area contributed by atoms with Crippen LogP contribution in [0.2, 0.25) is 0 Å². The van der Waals surface area contributed by atoms with Crippen LogP contribution in [0.25, 0.3) is 0 Å². The fraction of sp³-hybridized carbons (Fsp3) is 0.778. The Bertz CT molecular complexity index is 350. The fourth-order valence-corrected chi connectivity index (χ4v) is 4.05. The molecule has 2 atom stereocenters. The molecule has 2 fully saturated rings. The number of hydrogen-bond donors (Lipinski definition) is 0. The van der Waals surface area contributed by atoms with Gasteiger partial charge in [-0.1, -0.05) is 0 Å². The van der Waals surface area contributed by atoms with Crippen LogP contribution in [0.15, 0.2) is 11.4 Å². The lowest BCUT2D eigenvalue weighted by Gasteiger charge is -2.18. The first kappa shape index (κ1) is 6.13. The highest BCUT2D eigenvalue weighted by molar-refractivity contribution is 5.61. The average Bonchev–Trinajstić information content (AvgIpc) is 2.47. The second-order valence-electron chi connectivity index (χ2n) is 5.40. The molecular formula is C9H14N2O+2. The molecule has 0 amide bonds. The van der Waals surface area contributed by atoms with Gasteiger partial charge in [-0.15, -0.1) is 0 Å². The summed E-state index contributed by atoms with van der Waals surface area (Å²) in [6.45, 7) is 0.959. The van der Waals surface area contributed by atoms with E-state index in [-0.39, 0.29) is 5.72 Å². The van der Waals surface area contributed by atoms with Gasteiger partial charge in [-0.05, 0) is 0 Å². The topological polar surface area (TPSA) is 9.23 Å². The first-order valence-corrected chi connectivity index (χ1v) is 4.53. The summed E-state index contributed by atoms with van der Waals surface area (Å²) in [7, 11) is 9.13. The smallest absolute Gasteiger partial charge is 0.305 e. The molecule has 2 saturated heterocycles. The summed E-state index contributed by atoms with van der Waals surface area (Å²) >= 11 is 0. The van der Waals surface area contributed by atoms with Gasteiger partial charge in [0.2, 0.25) is 0 Å². The maximum Gasteiger partial charge on any atom is 0.356 e. The molecule has 0 radical (unpaired) electrons. The first-order valence-electron chi connectivity index (χ1n) is 4.53. The van der Waals surface area contributed by atoms with Gasteiger partial charge in [0.05, 0.1) is 28.2 Å². The van der Waals surface area contributed by atoms with E-state index in [1.807, 2.05) is 0 Å². The van der Waals surface area contributed by atoms with Crippen molar-refractivity contribution in [1.82, 2.24) is 0 Å². The van der Waals surface area contributed by atoms with Gasteiger partial charge in [0.1, 0.15) is 6.61 Å². The molecule has 12 heavy (non-hydrogen) atoms. The Hall–Kier alpha value is -0.380. The lowest BCUT2D eigenvalue weighted by Crippen LogP contribution is -2.47. The predicted octanol–water partition coefficient (Wildman–Crippen LogP) is -0.143. The van der Waals surface area contributed by atoms with Gasteiger partial charge in [-0.2, -0.15) is 0 Å². The Morgan fingerprint density at radius 1 is 1.17 bits per heavy atom. The number of ether oxygens (including phenoxy) is 1. The monoisotopic (exact) mass is 166 g/mol. The summed E-state index contributed by atoms with van der Waals surface area (Å²) in [5, 5.41) is 0. The predicted molar refractivity (Wildman–Crippen MR) is 42.7 cm³/mol. The van der Waals surface area contributed by atoms with Gasteiger partial charge in [0.25, 0.3) is 16.9 Å². The third kappa shape index (κ3) is 0.215. The molecule has 0 N–H and O–H groups in total. The van der Waals surface area contributed by atoms with Gasteiger partial charge in [0.15, 0.2) is 0 Å². The average molecular weight is 166 g/mol. The number of rotatable bonds is 0. The third-order valence-corrected chi connectivity index (χ3v) is 4.75. The highest BCUT2D eigenvalue weighted by atomic mass is 16.6. The van der Waals surface area contributed by atoms with Crippen LogP contribution in [-0.2, 0) is 4.74 Å². The number of hydrogen-bond acceptors (Lipinski definition) is 1. The zero-order valence-electron chi connectivity index (χ0n) is 8.01. The van der Waals surface area contributed by atoms with E-state index < -0.39 is 0 Å². The minimum absolute atomic E-state index is 0.159. The normalized spacial score (nSPS) is 59.0. The Morgan fingerprint density at radius 3 is 2.08 bits per heavy atom. The lowest BCUT2D eigenvalue weighted by molar-refractivity contribution is -0.850. The number of quaternary nitrogens is 2. The summed E-state index contributed by atoms with van der Waals surface area (Å²) in [4.78, 5) is 0. The first-order chi connectivity index (χ1) is 5.45. The van der Waals surface area contributed by atoms with E-state index in [2.05, 4.69) is 28.2 Å². The maximum absolute atomic E-state index is 5.79. The van der Waals surface area contributed by atoms with Crippen molar-refractivity contribution in [3.63, 3.8) is 0 Å². The van der Waals surface area contributed by atoms with Crippen molar-refractivity contribution < 1.29 is 13.7 Å². The number of piperazine rings is 1. The second kappa shape index (κ2) is 0.983. The van der Waals surface area contributed by atoms with E-state index >= 15 is 0 Å². The highest BCUT2D eigenvalue weighted by Crippen LogP contribution is 2.88. The van der Waals surface area contributed by atoms with E-state index in [1.54, 1.807) is 11.4 Å². The van der Waals surface area contributed by atoms with Gasteiger partial charge in [-0.25, -0.2) is 4.48 Å². The molecule has 0 spiro atoms. The van der Waals surface area contributed by atoms with Crippen molar-refractivity contribution in [2.24, 2.45) is 0 Å². The molecule has 0 bridgehead atoms. The molecule has 0 saturated carbocycles. The second-order valence-corrected chi connectivity index (χ2v) is 5.40. The Morgan fingerprint density at radius 2 is 1.83 bits per heavy atom. The van der Waals surface area contributed by atoms with Crippen LogP contribution >= 0.6 is 0 Å². The van der Waals surface area contributed by atoms with Crippen LogP contribution < -0.4 is 0 Å². The van der Waals surface area contributed by atoms with Gasteiger partial charge < -0.3 is 4.74 Å². The van der Waals surface area contributed by atoms with Crippen LogP contribution in [0.4, 0.5) is 0 Å². The summed E-state index contributed by atoms with van der Waals surface area (Å²) < 4.78 is 7.92. The van der Waals surface area contributed by atoms with E-state index in [9.17, 15) is 0 Å². The zero-order chi connectivity index (χ0) is 8.57. The molecule has 4 aliphatic rings. The Kier molecular flexibility index (Phi) is 0.502. The van der Waals surface area contributed by atoms with E-state index in [1.165, 1.54) is 0 Å². The standard InChI is InChI=1S/C9H14N2O/c1-10(2)6-7(10)9-8(6,5-12-9)11(9,3)4/h5H2,1-4H3/q+2. The molecule has 3 heteroatoms. The summed E-state index contributed by atoms with van der Waals surface area (Å²) in [6.07, 6.45) is 0. The SMILES string of the molecule is C[N+]1(C)C2=C1C13OCC21[N+]3(C)C. The third-order valence-electron chi connectivity index (χ3n) is 4.75. The minimum atomic E-state index is 0.159. The summed E-state index contributed by atoms with van der Waals surface area (Å²) in [6, 6.07) is 0. The van der Waals surface area contributed by atoms with Gasteiger partial charge in [-0.3, -0.25) is 4.48 Å². The van der Waals surface area contributed by atoms with Gasteiger partial charge >= 0.3 is 5.72 Å². The summed E-state index contributed by atoms with van der Waals surface area (Å²) in [5.41, 5.74) is 3.83. The van der Waals surface area contributed by atoms with E-state index in [0.29, 0.717) is 5.54 Å². The molecular weight excluding hydrogens is 152 g/mol. The van der Waals surface area contributed by atoms with Crippen molar-refractivity contribution in [2.45, 2.75) is 11.3 Å². The molecule has 0 aromatic carbocycles. The van der Waals surface area contributed by atoms with E-state index in [4.69, 9.17) is 4.74 Å². The van der Waals surface area contributed by atoms with Crippen LogP contribution in [-0.4, -0.2) is 55.0 Å². The quantitative estimate of drug-likeness (QED) is 0.359. The number of likely N-dealkylation sites (N-methyl/N-ethyl adjacent to an activating group) is 2. The van der Waals surface area contributed by atoms with Crippen LogP contribution in [0, 0.1) is 0 Å². The van der Waals surface area contributed by atoms with Crippen molar-refractivity contribution in [3.8, 4) is 0 Å². The molecule has 1 aliphatic carbocycles. The molecule has 4 rings (SSSR count). The van der Waals surface area contributed by atoms with Crippen LogP contribution in [0.5, 0.6) is 0 Å². The molecule has 2 unspecified atom stereocenters. The molecule has 3 aliphatic heterocycles. The van der Waals surface area contributed by atoms with Crippen LogP contribution in [0.1, 0.15) is 0 Å². The molecule has 3 heterocycles. The minimum Gasteiger partial charge on any atom is -0.305 e. The van der Waals surface area contributed by atoms with Crippen molar-refractivity contribution >= 4 is 0 Å². The number of likely N-dealkylation sites (tertiary alicyclic amines) is 1. The zero-order valence-corrected chi connectivity index (χ0v) is 8.01. The Balaban J connectivity index is 1.94. The molecule has 0 aromatic rings. The van der Waals surface area contributed by atoms with Crippen molar-refractivity contribution in [2.75, 3.05) is 34.8 Å². The van der Waals surface area contributed by atoms with Crippen molar-refractivity contribution in [3.05, 3.63) is 11.4 Å². The number of nitrogens with zero attached hydrogens (tertiary/aromatic N) is 2. The van der Waals surface area contributed by atoms with Crippen molar-refractivity contribution in [1.29, 1.82) is 0 Å². The molecule has 3 nitrogen and oxygen atoms in total. The summed E-state index contributed by atoms with van der Waals surface area (Å²) in [5.74, 6) is 0. The maximum atomic E-state index is 5.79. The van der Waals surface area contributed by atoms with Gasteiger partial charge in [0, 0.05) is 0 Å².